The summed E-state index contributed by atoms with van der Waals surface area (Å²) in [7, 11) is 0. The Kier molecular flexibility index (Phi) is 3.52. The summed E-state index contributed by atoms with van der Waals surface area (Å²) in [5.41, 5.74) is 1.07. The van der Waals surface area contributed by atoms with E-state index in [1.807, 2.05) is 0 Å². The number of fused-ring (bicyclic) bond motifs is 3. The number of ether oxygens (including phenoxy) is 1. The smallest absolute Gasteiger partial charge is 0.309 e. The van der Waals surface area contributed by atoms with E-state index < -0.39 is 6.10 Å². The van der Waals surface area contributed by atoms with Gasteiger partial charge in [-0.15, -0.1) is 11.3 Å². The highest BCUT2D eigenvalue weighted by atomic mass is 32.1. The fourth-order valence-electron chi connectivity index (χ4n) is 3.20. The van der Waals surface area contributed by atoms with Gasteiger partial charge in [0.15, 0.2) is 11.9 Å². The van der Waals surface area contributed by atoms with Crippen LogP contribution in [-0.2, 0) is 22.4 Å². The summed E-state index contributed by atoms with van der Waals surface area (Å²) < 4.78 is 5.42. The molecule has 2 heterocycles. The Morgan fingerprint density at radius 3 is 2.91 bits per heavy atom. The number of H-pyrrole nitrogens is 1. The summed E-state index contributed by atoms with van der Waals surface area (Å²) in [5, 5.41) is 0.737. The summed E-state index contributed by atoms with van der Waals surface area (Å²) in [5.74, 6) is 0.971. The van der Waals surface area contributed by atoms with Gasteiger partial charge in [-0.2, -0.15) is 0 Å². The lowest BCUT2D eigenvalue weighted by molar-refractivity contribution is -0.150. The van der Waals surface area contributed by atoms with Crippen molar-refractivity contribution in [2.75, 3.05) is 0 Å². The van der Waals surface area contributed by atoms with Crippen LogP contribution in [0.4, 0.5) is 0 Å². The second kappa shape index (κ2) is 5.44. The maximum atomic E-state index is 12.5. The minimum atomic E-state index is -0.516. The third-order valence-corrected chi connectivity index (χ3v) is 5.92. The van der Waals surface area contributed by atoms with Gasteiger partial charge in [0.2, 0.25) is 0 Å². The molecule has 6 heteroatoms. The Bertz CT molecular complexity index is 834. The molecule has 2 aromatic rings. The molecule has 23 heavy (non-hydrogen) atoms. The average Bonchev–Trinajstić information content (AvgIpc) is 3.28. The van der Waals surface area contributed by atoms with Crippen molar-refractivity contribution >= 4 is 27.5 Å². The van der Waals surface area contributed by atoms with E-state index in [2.05, 4.69) is 16.9 Å². The lowest BCUT2D eigenvalue weighted by Gasteiger charge is -2.17. The van der Waals surface area contributed by atoms with Gasteiger partial charge in [0.1, 0.15) is 4.83 Å². The Balaban J connectivity index is 1.69. The van der Waals surface area contributed by atoms with E-state index in [1.165, 1.54) is 10.4 Å². The van der Waals surface area contributed by atoms with Crippen LogP contribution in [0.2, 0.25) is 0 Å². The van der Waals surface area contributed by atoms with Crippen LogP contribution >= 0.6 is 11.3 Å². The van der Waals surface area contributed by atoms with Gasteiger partial charge in [0.05, 0.1) is 11.3 Å². The van der Waals surface area contributed by atoms with Gasteiger partial charge in [-0.1, -0.05) is 6.92 Å². The number of rotatable bonds is 3. The van der Waals surface area contributed by atoms with Crippen molar-refractivity contribution in [1.82, 2.24) is 9.97 Å². The molecular formula is C17H20N2O3S. The SMILES string of the molecule is C[C@H]1CCc2c(sc3nc([C@@H](C)OC(=O)C4CC4)[nH]c(=O)c23)C1. The van der Waals surface area contributed by atoms with E-state index in [9.17, 15) is 9.59 Å². The molecule has 0 amide bonds. The Labute approximate surface area is 138 Å². The number of nitrogens with zero attached hydrogens (tertiary/aromatic N) is 1. The third-order valence-electron chi connectivity index (χ3n) is 4.77. The summed E-state index contributed by atoms with van der Waals surface area (Å²) in [4.78, 5) is 33.8. The predicted octanol–water partition coefficient (Wildman–Crippen LogP) is 3.12. The lowest BCUT2D eigenvalue weighted by atomic mass is 9.89. The molecule has 0 spiro atoms. The van der Waals surface area contributed by atoms with Crippen molar-refractivity contribution in [1.29, 1.82) is 0 Å². The van der Waals surface area contributed by atoms with Crippen molar-refractivity contribution in [3.8, 4) is 0 Å². The highest BCUT2D eigenvalue weighted by molar-refractivity contribution is 7.18. The van der Waals surface area contributed by atoms with Crippen LogP contribution in [0.5, 0.6) is 0 Å². The van der Waals surface area contributed by atoms with Gasteiger partial charge in [-0.25, -0.2) is 4.98 Å². The van der Waals surface area contributed by atoms with Crippen LogP contribution < -0.4 is 5.56 Å². The van der Waals surface area contributed by atoms with Crippen LogP contribution in [0.15, 0.2) is 4.79 Å². The summed E-state index contributed by atoms with van der Waals surface area (Å²) in [6.07, 6.45) is 4.40. The largest absolute Gasteiger partial charge is 0.454 e. The summed E-state index contributed by atoms with van der Waals surface area (Å²) in [6.45, 7) is 4.01. The molecule has 0 bridgehead atoms. The first-order valence-corrected chi connectivity index (χ1v) is 9.09. The zero-order chi connectivity index (χ0) is 16.1. The number of thiophene rings is 1. The summed E-state index contributed by atoms with van der Waals surface area (Å²) >= 11 is 1.62. The number of carbonyl (C=O) groups is 1. The molecule has 2 atom stereocenters. The normalized spacial score (nSPS) is 21.9. The first kappa shape index (κ1) is 14.9. The molecule has 122 valence electrons. The number of hydrogen-bond acceptors (Lipinski definition) is 5. The topological polar surface area (TPSA) is 72.0 Å². The van der Waals surface area contributed by atoms with Crippen LogP contribution in [0.3, 0.4) is 0 Å². The van der Waals surface area contributed by atoms with E-state index in [-0.39, 0.29) is 17.4 Å². The first-order chi connectivity index (χ1) is 11.0. The van der Waals surface area contributed by atoms with Crippen LogP contribution in [0, 0.1) is 11.8 Å². The molecular weight excluding hydrogens is 312 g/mol. The molecule has 0 saturated heterocycles. The van der Waals surface area contributed by atoms with Crippen molar-refractivity contribution in [2.45, 2.75) is 52.1 Å². The van der Waals surface area contributed by atoms with Crippen molar-refractivity contribution in [3.63, 3.8) is 0 Å². The minimum Gasteiger partial charge on any atom is -0.454 e. The number of aromatic amines is 1. The lowest BCUT2D eigenvalue weighted by Crippen LogP contribution is -2.18. The fourth-order valence-corrected chi connectivity index (χ4v) is 4.59. The molecule has 2 aliphatic rings. The zero-order valence-electron chi connectivity index (χ0n) is 13.3. The van der Waals surface area contributed by atoms with Crippen molar-refractivity contribution in [3.05, 3.63) is 26.6 Å². The molecule has 1 fully saturated rings. The number of hydrogen-bond donors (Lipinski definition) is 1. The number of esters is 1. The fraction of sp³-hybridized carbons (Fsp3) is 0.588. The molecule has 0 unspecified atom stereocenters. The van der Waals surface area contributed by atoms with Gasteiger partial charge in [-0.05, 0) is 50.5 Å². The van der Waals surface area contributed by atoms with E-state index in [0.717, 1.165) is 42.3 Å². The van der Waals surface area contributed by atoms with Crippen molar-refractivity contribution < 1.29 is 9.53 Å². The Morgan fingerprint density at radius 2 is 2.17 bits per heavy atom. The standard InChI is InChI=1S/C17H20N2O3S/c1-8-3-6-11-12(7-8)23-16-13(11)15(20)18-14(19-16)9(2)22-17(21)10-4-5-10/h8-10H,3-7H2,1-2H3,(H,18,19,20)/t8-,9+/m0/s1. The molecule has 1 N–H and O–H groups in total. The van der Waals surface area contributed by atoms with E-state index in [1.54, 1.807) is 18.3 Å². The second-order valence-electron chi connectivity index (χ2n) is 6.84. The van der Waals surface area contributed by atoms with Gasteiger partial charge in [-0.3, -0.25) is 9.59 Å². The summed E-state index contributed by atoms with van der Waals surface area (Å²) in [6, 6.07) is 0. The molecule has 2 aromatic heterocycles. The van der Waals surface area contributed by atoms with E-state index in [4.69, 9.17) is 4.74 Å². The Hall–Kier alpha value is -1.69. The van der Waals surface area contributed by atoms with Crippen molar-refractivity contribution in [2.24, 2.45) is 11.8 Å². The number of aryl methyl sites for hydroxylation is 1. The van der Waals surface area contributed by atoms with Gasteiger partial charge >= 0.3 is 5.97 Å². The highest BCUT2D eigenvalue weighted by Crippen LogP contribution is 2.36. The third kappa shape index (κ3) is 2.69. The molecule has 0 radical (unpaired) electrons. The highest BCUT2D eigenvalue weighted by Gasteiger charge is 2.33. The van der Waals surface area contributed by atoms with Gasteiger partial charge < -0.3 is 9.72 Å². The van der Waals surface area contributed by atoms with Crippen LogP contribution in [0.25, 0.3) is 10.2 Å². The molecule has 0 aliphatic heterocycles. The maximum Gasteiger partial charge on any atom is 0.309 e. The van der Waals surface area contributed by atoms with E-state index in [0.29, 0.717) is 11.7 Å². The number of nitrogens with one attached hydrogen (secondary N) is 1. The van der Waals surface area contributed by atoms with Gasteiger partial charge in [0.25, 0.3) is 5.56 Å². The first-order valence-electron chi connectivity index (χ1n) is 8.28. The maximum absolute atomic E-state index is 12.5. The zero-order valence-corrected chi connectivity index (χ0v) is 14.2. The van der Waals surface area contributed by atoms with Crippen LogP contribution in [-0.4, -0.2) is 15.9 Å². The molecule has 0 aromatic carbocycles. The van der Waals surface area contributed by atoms with Crippen LogP contribution in [0.1, 0.15) is 55.5 Å². The predicted molar refractivity (Wildman–Crippen MR) is 88.7 cm³/mol. The minimum absolute atomic E-state index is 0.0449. The number of aromatic nitrogens is 2. The molecule has 2 aliphatic carbocycles. The Morgan fingerprint density at radius 1 is 1.39 bits per heavy atom. The second-order valence-corrected chi connectivity index (χ2v) is 7.92. The molecule has 1 saturated carbocycles. The monoisotopic (exact) mass is 332 g/mol. The molecule has 4 rings (SSSR count). The van der Waals surface area contributed by atoms with Gasteiger partial charge in [0, 0.05) is 4.88 Å². The average molecular weight is 332 g/mol. The molecule has 5 nitrogen and oxygen atoms in total. The quantitative estimate of drug-likeness (QED) is 0.877. The van der Waals surface area contributed by atoms with E-state index >= 15 is 0 Å². The number of carbonyl (C=O) groups excluding carboxylic acids is 1.